The van der Waals surface area contributed by atoms with Gasteiger partial charge in [-0.3, -0.25) is 4.98 Å². The van der Waals surface area contributed by atoms with E-state index in [0.717, 1.165) is 28.7 Å². The van der Waals surface area contributed by atoms with Gasteiger partial charge >= 0.3 is 0 Å². The van der Waals surface area contributed by atoms with E-state index in [4.69, 9.17) is 0 Å². The Morgan fingerprint density at radius 2 is 1.79 bits per heavy atom. The highest BCUT2D eigenvalue weighted by molar-refractivity contribution is 8.00. The number of hydrogen-bond donors (Lipinski definition) is 1. The van der Waals surface area contributed by atoms with Gasteiger partial charge in [0.15, 0.2) is 11.6 Å². The molecule has 0 aliphatic rings. The molecular formula is C26H23F2N3S2. The predicted molar refractivity (Wildman–Crippen MR) is 135 cm³/mol. The number of anilines is 1. The van der Waals surface area contributed by atoms with Crippen molar-refractivity contribution in [3.05, 3.63) is 103 Å². The first-order valence-electron chi connectivity index (χ1n) is 10.3. The van der Waals surface area contributed by atoms with Crippen molar-refractivity contribution in [2.45, 2.75) is 18.4 Å². The molecule has 33 heavy (non-hydrogen) atoms. The smallest absolute Gasteiger partial charge is 0.160 e. The molecule has 0 fully saturated rings. The van der Waals surface area contributed by atoms with E-state index in [1.165, 1.54) is 45.6 Å². The van der Waals surface area contributed by atoms with E-state index in [1.807, 2.05) is 25.5 Å². The molecule has 0 spiro atoms. The third-order valence-corrected chi connectivity index (χ3v) is 7.18. The summed E-state index contributed by atoms with van der Waals surface area (Å²) in [5, 5.41) is 0. The molecule has 0 radical (unpaired) electrons. The fourth-order valence-electron chi connectivity index (χ4n) is 3.27. The van der Waals surface area contributed by atoms with E-state index >= 15 is 0 Å². The van der Waals surface area contributed by atoms with Crippen molar-refractivity contribution in [3.8, 4) is 20.9 Å². The lowest BCUT2D eigenvalue weighted by Gasteiger charge is -2.16. The van der Waals surface area contributed by atoms with E-state index in [-0.39, 0.29) is 0 Å². The van der Waals surface area contributed by atoms with Crippen molar-refractivity contribution >= 4 is 29.0 Å². The number of nitrogens with zero attached hydrogens (tertiary/aromatic N) is 2. The number of halogens is 2. The van der Waals surface area contributed by atoms with Gasteiger partial charge in [0.1, 0.15) is 0 Å². The number of rotatable bonds is 8. The summed E-state index contributed by atoms with van der Waals surface area (Å²) in [6, 6.07) is 16.6. The van der Waals surface area contributed by atoms with Gasteiger partial charge in [0, 0.05) is 40.0 Å². The van der Waals surface area contributed by atoms with Crippen molar-refractivity contribution in [1.29, 1.82) is 0 Å². The highest BCUT2D eigenvalue weighted by Crippen LogP contribution is 2.36. The zero-order valence-corrected chi connectivity index (χ0v) is 19.9. The fourth-order valence-corrected chi connectivity index (χ4v) is 4.89. The number of thiophene rings is 1. The van der Waals surface area contributed by atoms with E-state index in [2.05, 4.69) is 58.4 Å². The minimum atomic E-state index is -0.866. The summed E-state index contributed by atoms with van der Waals surface area (Å²) in [4.78, 5) is 9.26. The van der Waals surface area contributed by atoms with Crippen molar-refractivity contribution in [2.24, 2.45) is 0 Å². The van der Waals surface area contributed by atoms with Crippen molar-refractivity contribution in [2.75, 3.05) is 11.8 Å². The third kappa shape index (κ3) is 5.61. The quantitative estimate of drug-likeness (QED) is 0.261. The summed E-state index contributed by atoms with van der Waals surface area (Å²) < 4.78 is 29.7. The number of benzene rings is 2. The van der Waals surface area contributed by atoms with Gasteiger partial charge in [0.25, 0.3) is 0 Å². The summed E-state index contributed by atoms with van der Waals surface area (Å²) in [7, 11) is 2.02. The second-order valence-corrected chi connectivity index (χ2v) is 9.61. The second kappa shape index (κ2) is 10.2. The Kier molecular flexibility index (Phi) is 7.11. The minimum Gasteiger partial charge on any atom is -0.377 e. The molecule has 0 atom stereocenters. The summed E-state index contributed by atoms with van der Waals surface area (Å²) in [6.07, 6.45) is 5.35. The second-order valence-electron chi connectivity index (χ2n) is 7.65. The summed E-state index contributed by atoms with van der Waals surface area (Å²) in [5.41, 5.74) is 5.47. The normalized spacial score (nSPS) is 10.8. The maximum Gasteiger partial charge on any atom is 0.160 e. The molecule has 2 aromatic carbocycles. The molecule has 2 heterocycles. The van der Waals surface area contributed by atoms with Crippen molar-refractivity contribution in [3.63, 3.8) is 0 Å². The average Bonchev–Trinajstić information content (AvgIpc) is 3.32. The molecule has 7 heteroatoms. The first-order valence-corrected chi connectivity index (χ1v) is 11.9. The van der Waals surface area contributed by atoms with E-state index in [9.17, 15) is 8.78 Å². The lowest BCUT2D eigenvalue weighted by atomic mass is 10.0. The first-order chi connectivity index (χ1) is 15.9. The Balaban J connectivity index is 1.51. The van der Waals surface area contributed by atoms with E-state index in [0.29, 0.717) is 4.90 Å². The van der Waals surface area contributed by atoms with Crippen molar-refractivity contribution < 1.29 is 8.78 Å². The number of aromatic nitrogens is 1. The number of aryl methyl sites for hydroxylation is 1. The van der Waals surface area contributed by atoms with Crippen molar-refractivity contribution in [1.82, 2.24) is 9.88 Å². The third-order valence-electron chi connectivity index (χ3n) is 5.17. The van der Waals surface area contributed by atoms with Crippen LogP contribution in [0.15, 0.2) is 84.7 Å². The SMILES string of the molecule is C=CN(C)Cc1cc(-c2ccc(-c3cncc(NSc4ccc(F)c(F)c4)c3)s2)ccc1C. The zero-order valence-electron chi connectivity index (χ0n) is 18.3. The number of nitrogens with one attached hydrogen (secondary N) is 1. The van der Waals surface area contributed by atoms with E-state index < -0.39 is 11.6 Å². The molecular weight excluding hydrogens is 456 g/mol. The Morgan fingerprint density at radius 3 is 2.55 bits per heavy atom. The zero-order chi connectivity index (χ0) is 23.4. The van der Waals surface area contributed by atoms with Gasteiger partial charge in [-0.2, -0.15) is 0 Å². The molecule has 0 amide bonds. The molecule has 4 rings (SSSR count). The summed E-state index contributed by atoms with van der Waals surface area (Å²) >= 11 is 2.91. The molecule has 0 saturated heterocycles. The lowest BCUT2D eigenvalue weighted by Crippen LogP contribution is -2.10. The molecule has 0 bridgehead atoms. The monoisotopic (exact) mass is 479 g/mol. The Bertz CT molecular complexity index is 1290. The summed E-state index contributed by atoms with van der Waals surface area (Å²) in [5.74, 6) is -1.72. The minimum absolute atomic E-state index is 0.579. The molecule has 168 valence electrons. The largest absolute Gasteiger partial charge is 0.377 e. The Hall–Kier alpha value is -3.16. The van der Waals surface area contributed by atoms with Crippen LogP contribution in [0.4, 0.5) is 14.5 Å². The number of hydrogen-bond acceptors (Lipinski definition) is 5. The molecule has 1 N–H and O–H groups in total. The van der Waals surface area contributed by atoms with Crippen LogP contribution in [0.2, 0.25) is 0 Å². The van der Waals surface area contributed by atoms with Gasteiger partial charge in [0.05, 0.1) is 11.9 Å². The Labute approximate surface area is 200 Å². The topological polar surface area (TPSA) is 28.2 Å². The van der Waals surface area contributed by atoms with Crippen LogP contribution in [-0.4, -0.2) is 16.9 Å². The van der Waals surface area contributed by atoms with Gasteiger partial charge in [-0.15, -0.1) is 11.3 Å². The van der Waals surface area contributed by atoms with Crippen LogP contribution in [0.5, 0.6) is 0 Å². The van der Waals surface area contributed by atoms with Gasteiger partial charge in [0.2, 0.25) is 0 Å². The molecule has 0 aliphatic heterocycles. The van der Waals surface area contributed by atoms with Gasteiger partial charge in [-0.05, 0) is 84.2 Å². The van der Waals surface area contributed by atoms with Crippen LogP contribution in [0.1, 0.15) is 11.1 Å². The molecule has 0 unspecified atom stereocenters. The standard InChI is InChI=1S/C26H23F2N3S2/c1-4-31(3)16-20-11-18(6-5-17(20)2)25-9-10-26(32-25)19-12-21(15-29-14-19)30-33-22-7-8-23(27)24(28)13-22/h4-15,30H,1,16H2,2-3H3. The van der Waals surface area contributed by atoms with Crippen LogP contribution in [0.3, 0.4) is 0 Å². The Morgan fingerprint density at radius 1 is 1.00 bits per heavy atom. The molecule has 0 aliphatic carbocycles. The maximum absolute atomic E-state index is 13.4. The van der Waals surface area contributed by atoms with Crippen LogP contribution >= 0.6 is 23.3 Å². The lowest BCUT2D eigenvalue weighted by molar-refractivity contribution is 0.451. The van der Waals surface area contributed by atoms with Crippen LogP contribution in [0, 0.1) is 18.6 Å². The van der Waals surface area contributed by atoms with Gasteiger partial charge in [-0.1, -0.05) is 18.7 Å². The van der Waals surface area contributed by atoms with Gasteiger partial charge in [-0.25, -0.2) is 8.78 Å². The summed E-state index contributed by atoms with van der Waals surface area (Å²) in [6.45, 7) is 6.77. The molecule has 0 saturated carbocycles. The molecule has 3 nitrogen and oxygen atoms in total. The molecule has 2 aromatic heterocycles. The average molecular weight is 480 g/mol. The molecule has 4 aromatic rings. The van der Waals surface area contributed by atoms with Crippen LogP contribution < -0.4 is 4.72 Å². The highest BCUT2D eigenvalue weighted by atomic mass is 32.2. The number of pyridine rings is 1. The fraction of sp³-hybridized carbons (Fsp3) is 0.115. The first kappa shape index (κ1) is 23.0. The predicted octanol–water partition coefficient (Wildman–Crippen LogP) is 7.76. The van der Waals surface area contributed by atoms with Crippen LogP contribution in [0.25, 0.3) is 20.9 Å². The highest BCUT2D eigenvalue weighted by Gasteiger charge is 2.10. The van der Waals surface area contributed by atoms with Crippen LogP contribution in [-0.2, 0) is 6.54 Å². The maximum atomic E-state index is 13.4. The van der Waals surface area contributed by atoms with Gasteiger partial charge < -0.3 is 9.62 Å². The van der Waals surface area contributed by atoms with E-state index in [1.54, 1.807) is 17.5 Å².